The minimum atomic E-state index is -0.429. The summed E-state index contributed by atoms with van der Waals surface area (Å²) in [4.78, 5) is 28.8. The highest BCUT2D eigenvalue weighted by atomic mass is 32.2. The van der Waals surface area contributed by atoms with Crippen LogP contribution in [0.2, 0.25) is 0 Å². The predicted molar refractivity (Wildman–Crippen MR) is 135 cm³/mol. The van der Waals surface area contributed by atoms with E-state index in [4.69, 9.17) is 0 Å². The van der Waals surface area contributed by atoms with Crippen LogP contribution in [0.15, 0.2) is 64.5 Å². The van der Waals surface area contributed by atoms with Crippen LogP contribution >= 0.6 is 11.8 Å². The molecular weight excluding hydrogens is 446 g/mol. The van der Waals surface area contributed by atoms with Crippen molar-refractivity contribution in [3.05, 3.63) is 70.5 Å². The van der Waals surface area contributed by atoms with Crippen molar-refractivity contribution in [1.29, 1.82) is 0 Å². The molecule has 1 atom stereocenters. The highest BCUT2D eigenvalue weighted by Gasteiger charge is 2.31. The molecule has 0 radical (unpaired) electrons. The zero-order chi connectivity index (χ0) is 23.7. The number of carbonyl (C=O) groups excluding carboxylic acids is 1. The molecule has 1 amide bonds. The SMILES string of the molecule is CC(C)CCn1c(=O)c2ccccc2n2c(SC(C(=O)N3CCCC3)c3ccccc3)nnc12. The molecule has 34 heavy (non-hydrogen) atoms. The fourth-order valence-electron chi connectivity index (χ4n) is 4.50. The Kier molecular flexibility index (Phi) is 6.41. The van der Waals surface area contributed by atoms with Crippen LogP contribution in [0.25, 0.3) is 16.7 Å². The van der Waals surface area contributed by atoms with E-state index in [9.17, 15) is 9.59 Å². The van der Waals surface area contributed by atoms with Crippen molar-refractivity contribution in [3.63, 3.8) is 0 Å². The van der Waals surface area contributed by atoms with E-state index in [1.54, 1.807) is 4.57 Å². The summed E-state index contributed by atoms with van der Waals surface area (Å²) in [6.07, 6.45) is 2.94. The van der Waals surface area contributed by atoms with E-state index in [1.165, 1.54) is 11.8 Å². The Labute approximate surface area is 202 Å². The molecule has 1 unspecified atom stereocenters. The van der Waals surface area contributed by atoms with Gasteiger partial charge in [0.25, 0.3) is 5.56 Å². The molecule has 0 aliphatic carbocycles. The van der Waals surface area contributed by atoms with Crippen LogP contribution in [0, 0.1) is 5.92 Å². The third-order valence-electron chi connectivity index (χ3n) is 6.38. The summed E-state index contributed by atoms with van der Waals surface area (Å²) in [5.41, 5.74) is 1.65. The lowest BCUT2D eigenvalue weighted by molar-refractivity contribution is -0.129. The van der Waals surface area contributed by atoms with E-state index in [1.807, 2.05) is 63.9 Å². The number of aryl methyl sites for hydroxylation is 1. The molecule has 2 aromatic carbocycles. The number of rotatable bonds is 7. The van der Waals surface area contributed by atoms with Crippen molar-refractivity contribution in [2.75, 3.05) is 13.1 Å². The molecule has 7 nitrogen and oxygen atoms in total. The number of thioether (sulfide) groups is 1. The van der Waals surface area contributed by atoms with Gasteiger partial charge in [-0.2, -0.15) is 0 Å². The Balaban J connectivity index is 1.64. The van der Waals surface area contributed by atoms with Crippen LogP contribution in [0.3, 0.4) is 0 Å². The fourth-order valence-corrected chi connectivity index (χ4v) is 5.62. The second-order valence-corrected chi connectivity index (χ2v) is 10.3. The second-order valence-electron chi connectivity index (χ2n) is 9.22. The molecule has 0 N–H and O–H groups in total. The Morgan fingerprint density at radius 1 is 1.00 bits per heavy atom. The van der Waals surface area contributed by atoms with Gasteiger partial charge in [-0.3, -0.25) is 18.6 Å². The van der Waals surface area contributed by atoms with Crippen LogP contribution in [0.1, 0.15) is 43.9 Å². The fraction of sp³-hybridized carbons (Fsp3) is 0.385. The first-order valence-electron chi connectivity index (χ1n) is 11.9. The number of amides is 1. The number of para-hydroxylation sites is 1. The van der Waals surface area contributed by atoms with Crippen molar-refractivity contribution in [2.45, 2.75) is 50.1 Å². The number of hydrogen-bond acceptors (Lipinski definition) is 5. The average Bonchev–Trinajstić information content (AvgIpc) is 3.53. The molecule has 1 fully saturated rings. The maximum atomic E-state index is 13.6. The van der Waals surface area contributed by atoms with E-state index in [0.717, 1.165) is 43.4 Å². The van der Waals surface area contributed by atoms with Crippen molar-refractivity contribution in [1.82, 2.24) is 24.1 Å². The zero-order valence-electron chi connectivity index (χ0n) is 19.6. The number of aromatic nitrogens is 4. The number of carbonyl (C=O) groups is 1. The highest BCUT2D eigenvalue weighted by Crippen LogP contribution is 2.37. The van der Waals surface area contributed by atoms with Crippen LogP contribution in [-0.4, -0.2) is 43.1 Å². The number of benzene rings is 2. The number of likely N-dealkylation sites (tertiary alicyclic amines) is 1. The van der Waals surface area contributed by atoms with Gasteiger partial charge in [0.05, 0.1) is 10.9 Å². The minimum Gasteiger partial charge on any atom is -0.341 e. The van der Waals surface area contributed by atoms with E-state index >= 15 is 0 Å². The van der Waals surface area contributed by atoms with Crippen molar-refractivity contribution in [2.24, 2.45) is 5.92 Å². The monoisotopic (exact) mass is 475 g/mol. The Morgan fingerprint density at radius 2 is 1.71 bits per heavy atom. The molecule has 1 saturated heterocycles. The van der Waals surface area contributed by atoms with Crippen LogP contribution < -0.4 is 5.56 Å². The lowest BCUT2D eigenvalue weighted by atomic mass is 10.1. The van der Waals surface area contributed by atoms with Gasteiger partial charge in [-0.05, 0) is 42.9 Å². The van der Waals surface area contributed by atoms with Gasteiger partial charge in [0.15, 0.2) is 5.16 Å². The molecule has 0 saturated carbocycles. The first-order valence-corrected chi connectivity index (χ1v) is 12.8. The van der Waals surface area contributed by atoms with Gasteiger partial charge in [0.1, 0.15) is 5.25 Å². The maximum absolute atomic E-state index is 13.6. The van der Waals surface area contributed by atoms with Gasteiger partial charge >= 0.3 is 0 Å². The number of nitrogens with zero attached hydrogens (tertiary/aromatic N) is 5. The quantitative estimate of drug-likeness (QED) is 0.367. The molecule has 0 spiro atoms. The summed E-state index contributed by atoms with van der Waals surface area (Å²) in [5, 5.41) is 9.75. The molecule has 4 aromatic rings. The Morgan fingerprint density at radius 3 is 2.44 bits per heavy atom. The predicted octanol–water partition coefficient (Wildman–Crippen LogP) is 4.55. The van der Waals surface area contributed by atoms with E-state index in [0.29, 0.717) is 28.8 Å². The molecule has 176 valence electrons. The molecule has 8 heteroatoms. The summed E-state index contributed by atoms with van der Waals surface area (Å²) >= 11 is 1.41. The number of hydrogen-bond donors (Lipinski definition) is 0. The van der Waals surface area contributed by atoms with Crippen LogP contribution in [0.4, 0.5) is 0 Å². The van der Waals surface area contributed by atoms with Crippen LogP contribution in [-0.2, 0) is 11.3 Å². The van der Waals surface area contributed by atoms with Gasteiger partial charge < -0.3 is 4.90 Å². The van der Waals surface area contributed by atoms with E-state index in [2.05, 4.69) is 24.0 Å². The van der Waals surface area contributed by atoms with Crippen molar-refractivity contribution >= 4 is 34.3 Å². The average molecular weight is 476 g/mol. The van der Waals surface area contributed by atoms with Gasteiger partial charge in [0.2, 0.25) is 11.7 Å². The summed E-state index contributed by atoms with van der Waals surface area (Å²) in [7, 11) is 0. The normalized spacial score (nSPS) is 15.0. The smallest absolute Gasteiger partial charge is 0.262 e. The molecule has 1 aliphatic rings. The van der Waals surface area contributed by atoms with Gasteiger partial charge in [-0.1, -0.05) is 68.1 Å². The Bertz CT molecular complexity index is 1370. The molecular formula is C26H29N5O2S. The lowest BCUT2D eigenvalue weighted by Gasteiger charge is -2.22. The summed E-state index contributed by atoms with van der Waals surface area (Å²) < 4.78 is 3.66. The molecule has 5 rings (SSSR count). The summed E-state index contributed by atoms with van der Waals surface area (Å²) in [6, 6.07) is 17.4. The van der Waals surface area contributed by atoms with Crippen LogP contribution in [0.5, 0.6) is 0 Å². The molecule has 3 heterocycles. The molecule has 2 aromatic heterocycles. The largest absolute Gasteiger partial charge is 0.341 e. The molecule has 0 bridgehead atoms. The topological polar surface area (TPSA) is 72.5 Å². The van der Waals surface area contributed by atoms with Gasteiger partial charge in [-0.15, -0.1) is 10.2 Å². The van der Waals surface area contributed by atoms with E-state index < -0.39 is 5.25 Å². The highest BCUT2D eigenvalue weighted by molar-refractivity contribution is 8.00. The third-order valence-corrected chi connectivity index (χ3v) is 7.56. The summed E-state index contributed by atoms with van der Waals surface area (Å²) in [5.74, 6) is 1.07. The number of fused-ring (bicyclic) bond motifs is 3. The summed E-state index contributed by atoms with van der Waals surface area (Å²) in [6.45, 7) is 6.44. The van der Waals surface area contributed by atoms with E-state index in [-0.39, 0.29) is 11.5 Å². The van der Waals surface area contributed by atoms with Gasteiger partial charge in [0, 0.05) is 19.6 Å². The Hall–Kier alpha value is -3.13. The second kappa shape index (κ2) is 9.62. The van der Waals surface area contributed by atoms with Crippen molar-refractivity contribution < 1.29 is 4.79 Å². The maximum Gasteiger partial charge on any atom is 0.262 e. The lowest BCUT2D eigenvalue weighted by Crippen LogP contribution is -2.31. The van der Waals surface area contributed by atoms with Crippen molar-refractivity contribution in [3.8, 4) is 0 Å². The minimum absolute atomic E-state index is 0.0551. The third kappa shape index (κ3) is 4.22. The first-order chi connectivity index (χ1) is 16.5. The molecule has 1 aliphatic heterocycles. The van der Waals surface area contributed by atoms with Gasteiger partial charge in [-0.25, -0.2) is 0 Å². The zero-order valence-corrected chi connectivity index (χ0v) is 20.4. The standard InChI is InChI=1S/C26H29N5O2S/c1-18(2)14-17-30-23(32)20-12-6-7-13-21(20)31-25(30)27-28-26(31)34-22(19-10-4-3-5-11-19)24(33)29-15-8-9-16-29/h3-7,10-13,18,22H,8-9,14-17H2,1-2H3. The first kappa shape index (κ1) is 22.7.